The van der Waals surface area contributed by atoms with E-state index in [0.29, 0.717) is 6.04 Å². The topological polar surface area (TPSA) is 69.6 Å². The van der Waals surface area contributed by atoms with Crippen molar-refractivity contribution in [1.82, 2.24) is 20.2 Å². The number of hydrogen-bond donors (Lipinski definition) is 1. The second kappa shape index (κ2) is 5.63. The largest absolute Gasteiger partial charge is 0.327 e. The lowest BCUT2D eigenvalue weighted by molar-refractivity contribution is 0.423. The first kappa shape index (κ1) is 11.9. The molecule has 1 fully saturated rings. The van der Waals surface area contributed by atoms with Crippen molar-refractivity contribution in [2.24, 2.45) is 5.73 Å². The van der Waals surface area contributed by atoms with Crippen molar-refractivity contribution in [3.8, 4) is 0 Å². The molecule has 1 aliphatic rings. The molecule has 0 aliphatic heterocycles. The van der Waals surface area contributed by atoms with E-state index in [9.17, 15) is 0 Å². The van der Waals surface area contributed by atoms with E-state index in [1.165, 1.54) is 25.7 Å². The SMILES string of the molecule is CCC(N)CSc1nnnn1C1CCCC1. The lowest BCUT2D eigenvalue weighted by Crippen LogP contribution is -2.21. The van der Waals surface area contributed by atoms with Crippen LogP contribution in [-0.2, 0) is 0 Å². The predicted octanol–water partition coefficient (Wildman–Crippen LogP) is 1.62. The Hall–Kier alpha value is -0.620. The Morgan fingerprint density at radius 2 is 2.25 bits per heavy atom. The van der Waals surface area contributed by atoms with Gasteiger partial charge in [-0.05, 0) is 29.7 Å². The van der Waals surface area contributed by atoms with E-state index < -0.39 is 0 Å². The molecule has 1 aromatic rings. The average molecular weight is 241 g/mol. The van der Waals surface area contributed by atoms with Crippen LogP contribution < -0.4 is 5.73 Å². The van der Waals surface area contributed by atoms with E-state index in [0.717, 1.165) is 17.3 Å². The molecule has 2 rings (SSSR count). The molecule has 90 valence electrons. The monoisotopic (exact) mass is 241 g/mol. The number of thioether (sulfide) groups is 1. The second-order valence-electron chi connectivity index (χ2n) is 4.32. The summed E-state index contributed by atoms with van der Waals surface area (Å²) in [4.78, 5) is 0. The Bertz CT molecular complexity index is 321. The summed E-state index contributed by atoms with van der Waals surface area (Å²) in [6.07, 6.45) is 6.00. The Labute approximate surface area is 100 Å². The van der Waals surface area contributed by atoms with Gasteiger partial charge in [-0.15, -0.1) is 5.10 Å². The van der Waals surface area contributed by atoms with Gasteiger partial charge in [-0.3, -0.25) is 0 Å². The van der Waals surface area contributed by atoms with Crippen molar-refractivity contribution in [2.75, 3.05) is 5.75 Å². The summed E-state index contributed by atoms with van der Waals surface area (Å²) in [5, 5.41) is 12.9. The first-order valence-electron chi connectivity index (χ1n) is 5.97. The van der Waals surface area contributed by atoms with E-state index in [2.05, 4.69) is 22.4 Å². The first-order valence-corrected chi connectivity index (χ1v) is 6.96. The fourth-order valence-electron chi connectivity index (χ4n) is 1.96. The average Bonchev–Trinajstić information content (AvgIpc) is 2.95. The van der Waals surface area contributed by atoms with Crippen LogP contribution in [0.4, 0.5) is 0 Å². The fourth-order valence-corrected chi connectivity index (χ4v) is 2.97. The van der Waals surface area contributed by atoms with Crippen LogP contribution in [0, 0.1) is 0 Å². The maximum Gasteiger partial charge on any atom is 0.209 e. The summed E-state index contributed by atoms with van der Waals surface area (Å²) in [6, 6.07) is 0.745. The summed E-state index contributed by atoms with van der Waals surface area (Å²) >= 11 is 1.68. The molecule has 1 saturated carbocycles. The van der Waals surface area contributed by atoms with Crippen molar-refractivity contribution >= 4 is 11.8 Å². The highest BCUT2D eigenvalue weighted by atomic mass is 32.2. The van der Waals surface area contributed by atoms with Gasteiger partial charge in [0.1, 0.15) is 0 Å². The zero-order valence-electron chi connectivity index (χ0n) is 9.67. The zero-order chi connectivity index (χ0) is 11.4. The van der Waals surface area contributed by atoms with E-state index in [-0.39, 0.29) is 6.04 Å². The molecule has 0 saturated heterocycles. The lowest BCUT2D eigenvalue weighted by Gasteiger charge is -2.12. The highest BCUT2D eigenvalue weighted by molar-refractivity contribution is 7.99. The van der Waals surface area contributed by atoms with Crippen LogP contribution in [-0.4, -0.2) is 32.0 Å². The van der Waals surface area contributed by atoms with Gasteiger partial charge in [-0.25, -0.2) is 4.68 Å². The van der Waals surface area contributed by atoms with Crippen LogP contribution >= 0.6 is 11.8 Å². The zero-order valence-corrected chi connectivity index (χ0v) is 10.5. The molecule has 2 N–H and O–H groups in total. The van der Waals surface area contributed by atoms with Crippen LogP contribution in [0.25, 0.3) is 0 Å². The molecule has 0 spiro atoms. The number of nitrogens with zero attached hydrogens (tertiary/aromatic N) is 4. The smallest absolute Gasteiger partial charge is 0.209 e. The number of rotatable bonds is 5. The molecule has 6 heteroatoms. The number of tetrazole rings is 1. The Balaban J connectivity index is 1.95. The van der Waals surface area contributed by atoms with Crippen LogP contribution in [0.2, 0.25) is 0 Å². The van der Waals surface area contributed by atoms with Crippen molar-refractivity contribution in [2.45, 2.75) is 56.3 Å². The Kier molecular flexibility index (Phi) is 4.17. The number of hydrogen-bond acceptors (Lipinski definition) is 5. The normalized spacial score (nSPS) is 19.1. The van der Waals surface area contributed by atoms with Gasteiger partial charge in [0.15, 0.2) is 0 Å². The quantitative estimate of drug-likeness (QED) is 0.793. The minimum Gasteiger partial charge on any atom is -0.327 e. The fraction of sp³-hybridized carbons (Fsp3) is 0.900. The summed E-state index contributed by atoms with van der Waals surface area (Å²) < 4.78 is 1.99. The summed E-state index contributed by atoms with van der Waals surface area (Å²) in [6.45, 7) is 2.10. The maximum absolute atomic E-state index is 5.89. The summed E-state index contributed by atoms with van der Waals surface area (Å²) in [5.74, 6) is 0.892. The van der Waals surface area contributed by atoms with Gasteiger partial charge in [0.05, 0.1) is 6.04 Å². The van der Waals surface area contributed by atoms with Gasteiger partial charge < -0.3 is 5.73 Å². The molecule has 0 bridgehead atoms. The van der Waals surface area contributed by atoms with E-state index >= 15 is 0 Å². The van der Waals surface area contributed by atoms with Gasteiger partial charge in [-0.1, -0.05) is 31.5 Å². The van der Waals surface area contributed by atoms with Crippen LogP contribution in [0.1, 0.15) is 45.1 Å². The molecule has 1 heterocycles. The highest BCUT2D eigenvalue weighted by Gasteiger charge is 2.21. The maximum atomic E-state index is 5.89. The summed E-state index contributed by atoms with van der Waals surface area (Å²) in [5.41, 5.74) is 5.89. The summed E-state index contributed by atoms with van der Waals surface area (Å²) in [7, 11) is 0. The molecule has 0 aromatic carbocycles. The molecular weight excluding hydrogens is 222 g/mol. The van der Waals surface area contributed by atoms with Crippen molar-refractivity contribution in [3.63, 3.8) is 0 Å². The van der Waals surface area contributed by atoms with Crippen molar-refractivity contribution in [3.05, 3.63) is 0 Å². The van der Waals surface area contributed by atoms with E-state index in [4.69, 9.17) is 5.73 Å². The molecule has 1 atom stereocenters. The minimum absolute atomic E-state index is 0.235. The molecule has 5 nitrogen and oxygen atoms in total. The molecule has 1 unspecified atom stereocenters. The van der Waals surface area contributed by atoms with Gasteiger partial charge in [-0.2, -0.15) is 0 Å². The third-order valence-corrected chi connectivity index (χ3v) is 4.21. The molecule has 1 aromatic heterocycles. The molecule has 16 heavy (non-hydrogen) atoms. The third kappa shape index (κ3) is 2.74. The predicted molar refractivity (Wildman–Crippen MR) is 64.3 cm³/mol. The molecule has 0 radical (unpaired) electrons. The van der Waals surface area contributed by atoms with E-state index in [1.54, 1.807) is 11.8 Å². The number of aromatic nitrogens is 4. The lowest BCUT2D eigenvalue weighted by atomic mass is 10.3. The Morgan fingerprint density at radius 1 is 1.50 bits per heavy atom. The van der Waals surface area contributed by atoms with Gasteiger partial charge in [0, 0.05) is 11.8 Å². The van der Waals surface area contributed by atoms with Gasteiger partial charge >= 0.3 is 0 Å². The first-order chi connectivity index (χ1) is 7.81. The van der Waals surface area contributed by atoms with Crippen LogP contribution in [0.3, 0.4) is 0 Å². The van der Waals surface area contributed by atoms with Crippen molar-refractivity contribution < 1.29 is 0 Å². The Morgan fingerprint density at radius 3 is 2.94 bits per heavy atom. The van der Waals surface area contributed by atoms with Gasteiger partial charge in [0.2, 0.25) is 5.16 Å². The minimum atomic E-state index is 0.235. The molecular formula is C10H19N5S. The van der Waals surface area contributed by atoms with Gasteiger partial charge in [0.25, 0.3) is 0 Å². The molecule has 1 aliphatic carbocycles. The standard InChI is InChI=1S/C10H19N5S/c1-2-8(11)7-16-10-12-13-14-15(10)9-5-3-4-6-9/h8-9H,2-7,11H2,1H3. The number of nitrogens with two attached hydrogens (primary N) is 1. The molecule has 0 amide bonds. The highest BCUT2D eigenvalue weighted by Crippen LogP contribution is 2.31. The van der Waals surface area contributed by atoms with Crippen molar-refractivity contribution in [1.29, 1.82) is 0 Å². The second-order valence-corrected chi connectivity index (χ2v) is 5.31. The van der Waals surface area contributed by atoms with Crippen LogP contribution in [0.5, 0.6) is 0 Å². The third-order valence-electron chi connectivity index (χ3n) is 3.08. The van der Waals surface area contributed by atoms with Crippen LogP contribution in [0.15, 0.2) is 5.16 Å². The van der Waals surface area contributed by atoms with E-state index in [1.807, 2.05) is 4.68 Å².